The number of aromatic nitrogens is 2. The van der Waals surface area contributed by atoms with Gasteiger partial charge in [0.05, 0.1) is 23.9 Å². The number of fused-ring (bicyclic) bond motifs is 1. The number of ether oxygens (including phenoxy) is 1. The lowest BCUT2D eigenvalue weighted by atomic mass is 10.0. The fourth-order valence-electron chi connectivity index (χ4n) is 3.55. The van der Waals surface area contributed by atoms with Crippen LogP contribution in [0.4, 0.5) is 20.3 Å². The van der Waals surface area contributed by atoms with Gasteiger partial charge in [-0.05, 0) is 36.2 Å². The van der Waals surface area contributed by atoms with Gasteiger partial charge >= 0.3 is 0 Å². The minimum Gasteiger partial charge on any atom is -0.497 e. The summed E-state index contributed by atoms with van der Waals surface area (Å²) < 4.78 is 34.4. The number of rotatable bonds is 6. The zero-order valence-corrected chi connectivity index (χ0v) is 17.7. The molecule has 4 aromatic rings. The van der Waals surface area contributed by atoms with E-state index in [1.165, 1.54) is 4.57 Å². The van der Waals surface area contributed by atoms with Crippen molar-refractivity contribution in [1.82, 2.24) is 9.55 Å². The highest BCUT2D eigenvalue weighted by Crippen LogP contribution is 2.27. The van der Waals surface area contributed by atoms with Gasteiger partial charge in [-0.2, -0.15) is 0 Å². The maximum Gasteiger partial charge on any atom is 0.258 e. The summed E-state index contributed by atoms with van der Waals surface area (Å²) in [5.41, 5.74) is 6.76. The predicted octanol–water partition coefficient (Wildman–Crippen LogP) is 4.12. The molecule has 2 heterocycles. The summed E-state index contributed by atoms with van der Waals surface area (Å²) in [7, 11) is 3.23. The van der Waals surface area contributed by atoms with Gasteiger partial charge in [-0.3, -0.25) is 4.79 Å². The molecule has 0 unspecified atom stereocenters. The van der Waals surface area contributed by atoms with E-state index in [0.29, 0.717) is 29.3 Å². The molecule has 0 atom stereocenters. The number of benzene rings is 2. The van der Waals surface area contributed by atoms with E-state index < -0.39 is 17.2 Å². The molecule has 4 rings (SSSR count). The Kier molecular flexibility index (Phi) is 5.77. The fraction of sp³-hybridized carbons (Fsp3) is 0.167. The highest BCUT2D eigenvalue weighted by atomic mass is 19.1. The van der Waals surface area contributed by atoms with Gasteiger partial charge in [0.1, 0.15) is 23.2 Å². The molecule has 0 bridgehead atoms. The van der Waals surface area contributed by atoms with Crippen molar-refractivity contribution in [1.29, 1.82) is 0 Å². The number of nitrogens with one attached hydrogen (secondary N) is 1. The van der Waals surface area contributed by atoms with Crippen LogP contribution in [0, 0.1) is 11.6 Å². The third-order valence-electron chi connectivity index (χ3n) is 5.36. The number of anilines is 2. The third-order valence-corrected chi connectivity index (χ3v) is 5.36. The lowest BCUT2D eigenvalue weighted by Gasteiger charge is -2.12. The van der Waals surface area contributed by atoms with Crippen LogP contribution in [-0.4, -0.2) is 23.2 Å². The smallest absolute Gasteiger partial charge is 0.258 e. The van der Waals surface area contributed by atoms with Crippen LogP contribution in [0.5, 0.6) is 5.75 Å². The van der Waals surface area contributed by atoms with Gasteiger partial charge in [0, 0.05) is 42.9 Å². The number of nitrogen functional groups attached to an aromatic ring is 1. The summed E-state index contributed by atoms with van der Waals surface area (Å²) in [4.78, 5) is 17.3. The molecule has 164 valence electrons. The number of halogens is 2. The Morgan fingerprint density at radius 1 is 1.06 bits per heavy atom. The fourth-order valence-corrected chi connectivity index (χ4v) is 3.55. The van der Waals surface area contributed by atoms with Crippen molar-refractivity contribution < 1.29 is 13.5 Å². The monoisotopic (exact) mass is 436 g/mol. The van der Waals surface area contributed by atoms with E-state index >= 15 is 0 Å². The van der Waals surface area contributed by atoms with Crippen LogP contribution in [0.1, 0.15) is 5.56 Å². The van der Waals surface area contributed by atoms with E-state index in [1.807, 2.05) is 24.3 Å². The number of hydrogen-bond acceptors (Lipinski definition) is 5. The molecule has 0 aliphatic carbocycles. The number of methoxy groups -OCH3 is 1. The van der Waals surface area contributed by atoms with Gasteiger partial charge in [-0.1, -0.05) is 12.1 Å². The quantitative estimate of drug-likeness (QED) is 0.444. The molecule has 2 aromatic heterocycles. The molecule has 0 saturated heterocycles. The Hall–Kier alpha value is -3.94. The predicted molar refractivity (Wildman–Crippen MR) is 122 cm³/mol. The first-order valence-corrected chi connectivity index (χ1v) is 9.99. The summed E-state index contributed by atoms with van der Waals surface area (Å²) in [5.74, 6) is -0.291. The topological polar surface area (TPSA) is 82.2 Å². The zero-order valence-electron chi connectivity index (χ0n) is 17.7. The number of aryl methyl sites for hydroxylation is 1. The van der Waals surface area contributed by atoms with Crippen LogP contribution in [-0.2, 0) is 13.5 Å². The molecular formula is C24H22F2N4O2. The zero-order chi connectivity index (χ0) is 22.8. The van der Waals surface area contributed by atoms with Gasteiger partial charge < -0.3 is 20.4 Å². The molecule has 6 nitrogen and oxygen atoms in total. The number of nitrogens with two attached hydrogens (primary N) is 1. The summed E-state index contributed by atoms with van der Waals surface area (Å²) in [6, 6.07) is 13.0. The number of hydrogen-bond donors (Lipinski definition) is 2. The molecule has 0 radical (unpaired) electrons. The second-order valence-corrected chi connectivity index (χ2v) is 7.43. The number of pyridine rings is 2. The minimum atomic E-state index is -0.865. The lowest BCUT2D eigenvalue weighted by molar-refractivity contribution is 0.414. The molecule has 3 N–H and O–H groups in total. The lowest BCUT2D eigenvalue weighted by Crippen LogP contribution is -2.20. The first-order valence-electron chi connectivity index (χ1n) is 9.99. The highest BCUT2D eigenvalue weighted by Gasteiger charge is 2.16. The molecule has 0 aliphatic heterocycles. The van der Waals surface area contributed by atoms with Crippen LogP contribution in [0.25, 0.3) is 22.0 Å². The van der Waals surface area contributed by atoms with Gasteiger partial charge in [-0.15, -0.1) is 0 Å². The van der Waals surface area contributed by atoms with E-state index in [0.717, 1.165) is 23.8 Å². The second-order valence-electron chi connectivity index (χ2n) is 7.43. The summed E-state index contributed by atoms with van der Waals surface area (Å²) in [6.45, 7) is 0.650. The van der Waals surface area contributed by atoms with Gasteiger partial charge in [0.15, 0.2) is 0 Å². The average Bonchev–Trinajstić information content (AvgIpc) is 2.79. The normalized spacial score (nSPS) is 11.0. The summed E-state index contributed by atoms with van der Waals surface area (Å²) in [6.07, 6.45) is 2.39. The van der Waals surface area contributed by atoms with Crippen molar-refractivity contribution in [2.75, 3.05) is 24.7 Å². The molecule has 0 amide bonds. The van der Waals surface area contributed by atoms with E-state index in [-0.39, 0.29) is 16.8 Å². The first-order chi connectivity index (χ1) is 15.4. The van der Waals surface area contributed by atoms with Crippen molar-refractivity contribution in [3.63, 3.8) is 0 Å². The molecule has 0 aliphatic rings. The van der Waals surface area contributed by atoms with Crippen LogP contribution >= 0.6 is 0 Å². The maximum atomic E-state index is 14.3. The van der Waals surface area contributed by atoms with Crippen molar-refractivity contribution >= 4 is 22.4 Å². The van der Waals surface area contributed by atoms with Gasteiger partial charge in [0.25, 0.3) is 5.56 Å². The van der Waals surface area contributed by atoms with Gasteiger partial charge in [0.2, 0.25) is 0 Å². The summed E-state index contributed by atoms with van der Waals surface area (Å²) in [5, 5.41) is 3.90. The first kappa shape index (κ1) is 21.3. The highest BCUT2D eigenvalue weighted by molar-refractivity contribution is 5.85. The largest absolute Gasteiger partial charge is 0.497 e. The molecular weight excluding hydrogens is 414 g/mol. The maximum absolute atomic E-state index is 14.3. The molecule has 32 heavy (non-hydrogen) atoms. The van der Waals surface area contributed by atoms with Crippen molar-refractivity contribution in [3.05, 3.63) is 82.3 Å². The average molecular weight is 436 g/mol. The third kappa shape index (κ3) is 4.12. The second kappa shape index (κ2) is 8.66. The van der Waals surface area contributed by atoms with E-state index in [1.54, 1.807) is 32.5 Å². The molecule has 0 fully saturated rings. The van der Waals surface area contributed by atoms with E-state index in [2.05, 4.69) is 10.3 Å². The Balaban J connectivity index is 1.59. The SMILES string of the molecule is COc1ccc(CCNc2cc3c(cn2)cc(-c2cc(N)c(F)cc2F)c(=O)n3C)cc1. The van der Waals surface area contributed by atoms with E-state index in [9.17, 15) is 13.6 Å². The Morgan fingerprint density at radius 2 is 1.81 bits per heavy atom. The van der Waals surface area contributed by atoms with Crippen LogP contribution in [0.3, 0.4) is 0 Å². The van der Waals surface area contributed by atoms with Crippen molar-refractivity contribution in [2.24, 2.45) is 7.05 Å². The Morgan fingerprint density at radius 3 is 2.53 bits per heavy atom. The number of nitrogens with zero attached hydrogens (tertiary/aromatic N) is 2. The molecule has 0 spiro atoms. The van der Waals surface area contributed by atoms with Gasteiger partial charge in [-0.25, -0.2) is 13.8 Å². The summed E-state index contributed by atoms with van der Waals surface area (Å²) >= 11 is 0. The van der Waals surface area contributed by atoms with Crippen LogP contribution in [0.2, 0.25) is 0 Å². The Labute approximate surface area is 183 Å². The van der Waals surface area contributed by atoms with Crippen molar-refractivity contribution in [2.45, 2.75) is 6.42 Å². The Bertz CT molecular complexity index is 1350. The van der Waals surface area contributed by atoms with Crippen molar-refractivity contribution in [3.8, 4) is 16.9 Å². The molecule has 0 saturated carbocycles. The van der Waals surface area contributed by atoms with Crippen LogP contribution in [0.15, 0.2) is 59.5 Å². The molecule has 2 aromatic carbocycles. The van der Waals surface area contributed by atoms with E-state index in [4.69, 9.17) is 10.5 Å². The van der Waals surface area contributed by atoms with Crippen LogP contribution < -0.4 is 21.3 Å². The standard InChI is InChI=1S/C24H22F2N4O2/c1-30-22-12-23(28-8-7-14-3-5-16(32-2)6-4-14)29-13-15(22)9-18(24(30)31)17-10-21(27)20(26)11-19(17)25/h3-6,9-13H,7-8,27H2,1-2H3,(H,28,29). The minimum absolute atomic E-state index is 0.0481. The molecule has 8 heteroatoms.